The molecule has 0 unspecified atom stereocenters. The van der Waals surface area contributed by atoms with Gasteiger partial charge in [0.2, 0.25) is 0 Å². The third kappa shape index (κ3) is 5.06. The van der Waals surface area contributed by atoms with E-state index >= 15 is 0 Å². The Labute approximate surface area is 183 Å². The molecule has 6 nitrogen and oxygen atoms in total. The lowest BCUT2D eigenvalue weighted by Crippen LogP contribution is -2.31. The van der Waals surface area contributed by atoms with Crippen molar-refractivity contribution in [2.45, 2.75) is 18.4 Å². The SMILES string of the molecule is CCN(Cc1ccc(OC)cc1)C(=O)c1cccc(S(=O)(=O)N(C)c2ccccc2)c1. The number of anilines is 1. The van der Waals surface area contributed by atoms with E-state index in [2.05, 4.69) is 0 Å². The maximum atomic E-state index is 13.1. The molecule has 0 saturated carbocycles. The maximum Gasteiger partial charge on any atom is 0.264 e. The molecule has 0 heterocycles. The predicted octanol–water partition coefficient (Wildman–Crippen LogP) is 4.18. The first-order valence-electron chi connectivity index (χ1n) is 9.93. The van der Waals surface area contributed by atoms with E-state index in [-0.39, 0.29) is 10.8 Å². The number of hydrogen-bond donors (Lipinski definition) is 0. The molecule has 0 bridgehead atoms. The first-order chi connectivity index (χ1) is 14.9. The lowest BCUT2D eigenvalue weighted by molar-refractivity contribution is 0.0752. The number of sulfonamides is 1. The van der Waals surface area contributed by atoms with Crippen LogP contribution in [0.3, 0.4) is 0 Å². The van der Waals surface area contributed by atoms with E-state index in [4.69, 9.17) is 4.74 Å². The molecule has 0 spiro atoms. The molecule has 3 rings (SSSR count). The van der Waals surface area contributed by atoms with Crippen LogP contribution in [0.4, 0.5) is 5.69 Å². The summed E-state index contributed by atoms with van der Waals surface area (Å²) in [6, 6.07) is 22.5. The van der Waals surface area contributed by atoms with Crippen LogP contribution in [-0.4, -0.2) is 39.9 Å². The number of hydrogen-bond acceptors (Lipinski definition) is 4. The smallest absolute Gasteiger partial charge is 0.264 e. The minimum Gasteiger partial charge on any atom is -0.497 e. The molecular weight excluding hydrogens is 412 g/mol. The van der Waals surface area contributed by atoms with E-state index in [0.29, 0.717) is 24.3 Å². The summed E-state index contributed by atoms with van der Waals surface area (Å²) in [6.45, 7) is 2.80. The maximum absolute atomic E-state index is 13.1. The number of benzene rings is 3. The number of carbonyl (C=O) groups excluding carboxylic acids is 1. The van der Waals surface area contributed by atoms with Crippen molar-refractivity contribution in [3.05, 3.63) is 90.0 Å². The van der Waals surface area contributed by atoms with Crippen LogP contribution in [0.2, 0.25) is 0 Å². The number of methoxy groups -OCH3 is 1. The van der Waals surface area contributed by atoms with Gasteiger partial charge in [0.1, 0.15) is 5.75 Å². The van der Waals surface area contributed by atoms with Gasteiger partial charge < -0.3 is 9.64 Å². The second-order valence-electron chi connectivity index (χ2n) is 7.00. The fourth-order valence-electron chi connectivity index (χ4n) is 3.19. The van der Waals surface area contributed by atoms with Gasteiger partial charge in [-0.25, -0.2) is 8.42 Å². The molecule has 0 aliphatic carbocycles. The fourth-order valence-corrected chi connectivity index (χ4v) is 4.43. The Morgan fingerprint density at radius 3 is 2.23 bits per heavy atom. The van der Waals surface area contributed by atoms with Gasteiger partial charge in [0.25, 0.3) is 15.9 Å². The predicted molar refractivity (Wildman–Crippen MR) is 122 cm³/mol. The summed E-state index contributed by atoms with van der Waals surface area (Å²) in [5, 5.41) is 0. The van der Waals surface area contributed by atoms with Gasteiger partial charge in [0.05, 0.1) is 17.7 Å². The van der Waals surface area contributed by atoms with Crippen molar-refractivity contribution in [2.24, 2.45) is 0 Å². The summed E-state index contributed by atoms with van der Waals surface area (Å²) in [6.07, 6.45) is 0. The molecule has 0 atom stereocenters. The van der Waals surface area contributed by atoms with Crippen molar-refractivity contribution < 1.29 is 17.9 Å². The fraction of sp³-hybridized carbons (Fsp3) is 0.208. The molecule has 0 aromatic heterocycles. The van der Waals surface area contributed by atoms with E-state index in [1.807, 2.05) is 37.3 Å². The second-order valence-corrected chi connectivity index (χ2v) is 8.97. The molecular formula is C24H26N2O4S. The Morgan fingerprint density at radius 1 is 0.935 bits per heavy atom. The van der Waals surface area contributed by atoms with E-state index in [1.54, 1.807) is 48.4 Å². The van der Waals surface area contributed by atoms with Crippen LogP contribution in [0.1, 0.15) is 22.8 Å². The van der Waals surface area contributed by atoms with Gasteiger partial charge in [0.15, 0.2) is 0 Å². The van der Waals surface area contributed by atoms with Crippen molar-refractivity contribution in [1.82, 2.24) is 4.90 Å². The molecule has 0 aliphatic rings. The molecule has 0 saturated heterocycles. The van der Waals surface area contributed by atoms with Crippen LogP contribution < -0.4 is 9.04 Å². The number of nitrogens with zero attached hydrogens (tertiary/aromatic N) is 2. The van der Waals surface area contributed by atoms with Crippen LogP contribution in [-0.2, 0) is 16.6 Å². The largest absolute Gasteiger partial charge is 0.497 e. The summed E-state index contributed by atoms with van der Waals surface area (Å²) >= 11 is 0. The van der Waals surface area contributed by atoms with Crippen LogP contribution in [0.15, 0.2) is 83.8 Å². The lowest BCUT2D eigenvalue weighted by Gasteiger charge is -2.22. The van der Waals surface area contributed by atoms with Crippen molar-refractivity contribution in [3.8, 4) is 5.75 Å². The van der Waals surface area contributed by atoms with Gasteiger partial charge >= 0.3 is 0 Å². The summed E-state index contributed by atoms with van der Waals surface area (Å²) < 4.78 is 32.6. The average molecular weight is 439 g/mol. The molecule has 3 aromatic rings. The van der Waals surface area contributed by atoms with Gasteiger partial charge in [0, 0.05) is 25.7 Å². The molecule has 0 radical (unpaired) electrons. The summed E-state index contributed by atoms with van der Waals surface area (Å²) in [4.78, 5) is 14.9. The zero-order chi connectivity index (χ0) is 22.4. The quantitative estimate of drug-likeness (QED) is 0.529. The molecule has 162 valence electrons. The topological polar surface area (TPSA) is 66.9 Å². The van der Waals surface area contributed by atoms with Crippen molar-refractivity contribution >= 4 is 21.6 Å². The molecule has 0 fully saturated rings. The Bertz CT molecular complexity index is 1130. The summed E-state index contributed by atoms with van der Waals surface area (Å²) in [5.41, 5.74) is 1.84. The molecule has 3 aromatic carbocycles. The third-order valence-electron chi connectivity index (χ3n) is 5.06. The molecule has 7 heteroatoms. The van der Waals surface area contributed by atoms with Gasteiger partial charge in [-0.2, -0.15) is 0 Å². The van der Waals surface area contributed by atoms with Crippen molar-refractivity contribution in [2.75, 3.05) is 25.0 Å². The average Bonchev–Trinajstić information content (AvgIpc) is 2.82. The van der Waals surface area contributed by atoms with E-state index in [9.17, 15) is 13.2 Å². The van der Waals surface area contributed by atoms with Crippen LogP contribution in [0, 0.1) is 0 Å². The monoisotopic (exact) mass is 438 g/mol. The number of para-hydroxylation sites is 1. The van der Waals surface area contributed by atoms with Crippen molar-refractivity contribution in [1.29, 1.82) is 0 Å². The highest BCUT2D eigenvalue weighted by molar-refractivity contribution is 7.92. The Hall–Kier alpha value is -3.32. The number of ether oxygens (including phenoxy) is 1. The summed E-state index contributed by atoms with van der Waals surface area (Å²) in [5.74, 6) is 0.524. The first kappa shape index (κ1) is 22.4. The normalized spacial score (nSPS) is 11.1. The molecule has 0 aliphatic heterocycles. The number of amides is 1. The Kier molecular flexibility index (Phi) is 6.97. The highest BCUT2D eigenvalue weighted by Gasteiger charge is 2.23. The zero-order valence-electron chi connectivity index (χ0n) is 17.9. The van der Waals surface area contributed by atoms with Gasteiger partial charge in [-0.15, -0.1) is 0 Å². The second kappa shape index (κ2) is 9.66. The van der Waals surface area contributed by atoms with Gasteiger partial charge in [-0.3, -0.25) is 9.10 Å². The summed E-state index contributed by atoms with van der Waals surface area (Å²) in [7, 11) is -0.693. The van der Waals surface area contributed by atoms with Crippen LogP contribution in [0.5, 0.6) is 5.75 Å². The highest BCUT2D eigenvalue weighted by atomic mass is 32.2. The van der Waals surface area contributed by atoms with Crippen LogP contribution in [0.25, 0.3) is 0 Å². The van der Waals surface area contributed by atoms with Crippen molar-refractivity contribution in [3.63, 3.8) is 0 Å². The number of carbonyl (C=O) groups is 1. The number of rotatable bonds is 8. The molecule has 1 amide bonds. The minimum absolute atomic E-state index is 0.0743. The van der Waals surface area contributed by atoms with E-state index in [0.717, 1.165) is 11.3 Å². The van der Waals surface area contributed by atoms with E-state index < -0.39 is 10.0 Å². The van der Waals surface area contributed by atoms with Gasteiger partial charge in [-0.05, 0) is 55.0 Å². The molecule has 0 N–H and O–H groups in total. The standard InChI is InChI=1S/C24H26N2O4S/c1-4-26(18-19-13-15-22(30-3)16-14-19)24(27)20-9-8-12-23(17-20)31(28,29)25(2)21-10-6-5-7-11-21/h5-17H,4,18H2,1-3H3. The lowest BCUT2D eigenvalue weighted by atomic mass is 10.1. The van der Waals surface area contributed by atoms with Crippen LogP contribution >= 0.6 is 0 Å². The highest BCUT2D eigenvalue weighted by Crippen LogP contribution is 2.23. The van der Waals surface area contributed by atoms with Gasteiger partial charge in [-0.1, -0.05) is 36.4 Å². The minimum atomic E-state index is -3.80. The Balaban J connectivity index is 1.84. The third-order valence-corrected chi connectivity index (χ3v) is 6.84. The van der Waals surface area contributed by atoms with E-state index in [1.165, 1.54) is 23.5 Å². The molecule has 31 heavy (non-hydrogen) atoms. The Morgan fingerprint density at radius 2 is 1.61 bits per heavy atom. The first-order valence-corrected chi connectivity index (χ1v) is 11.4. The zero-order valence-corrected chi connectivity index (χ0v) is 18.7.